The molecule has 24 heavy (non-hydrogen) atoms. The molecular weight excluding hydrogens is 408 g/mol. The van der Waals surface area contributed by atoms with Crippen molar-refractivity contribution >= 4 is 44.3 Å². The molecule has 0 fully saturated rings. The maximum atomic E-state index is 12.6. The van der Waals surface area contributed by atoms with Crippen molar-refractivity contribution in [1.29, 1.82) is 0 Å². The first-order valence-corrected chi connectivity index (χ1v) is 7.76. The molecule has 2 N–H and O–H groups in total. The number of fused-ring (bicyclic) bond motifs is 1. The van der Waals surface area contributed by atoms with E-state index in [4.69, 9.17) is 17.3 Å². The number of pyridine rings is 2. The van der Waals surface area contributed by atoms with Crippen molar-refractivity contribution in [1.82, 2.24) is 9.55 Å². The van der Waals surface area contributed by atoms with Crippen LogP contribution in [0.15, 0.2) is 45.8 Å². The van der Waals surface area contributed by atoms with Gasteiger partial charge in [-0.25, -0.2) is 0 Å². The molecule has 3 rings (SSSR count). The van der Waals surface area contributed by atoms with Crippen LogP contribution in [0.25, 0.3) is 16.7 Å². The lowest BCUT2D eigenvalue weighted by Crippen LogP contribution is -2.21. The second kappa shape index (κ2) is 6.37. The summed E-state index contributed by atoms with van der Waals surface area (Å²) >= 11 is 9.13. The average molecular weight is 417 g/mol. The molecule has 0 aliphatic rings. The number of nitrogens with two attached hydrogens (primary N) is 1. The Morgan fingerprint density at radius 2 is 1.96 bits per heavy atom. The van der Waals surface area contributed by atoms with Crippen LogP contribution in [-0.2, 0) is 0 Å². The third kappa shape index (κ3) is 2.94. The first-order valence-electron chi connectivity index (χ1n) is 6.59. The second-order valence-electron chi connectivity index (χ2n) is 4.76. The summed E-state index contributed by atoms with van der Waals surface area (Å²) in [6, 6.07) is 7.17. The van der Waals surface area contributed by atoms with E-state index in [1.807, 2.05) is 0 Å². The van der Waals surface area contributed by atoms with Gasteiger partial charge in [0, 0.05) is 11.9 Å². The minimum atomic E-state index is -2.92. The molecule has 0 saturated heterocycles. The zero-order valence-electron chi connectivity index (χ0n) is 11.8. The highest BCUT2D eigenvalue weighted by Crippen LogP contribution is 2.28. The number of anilines is 1. The number of alkyl halides is 2. The van der Waals surface area contributed by atoms with E-state index >= 15 is 0 Å². The van der Waals surface area contributed by atoms with E-state index in [0.717, 1.165) is 0 Å². The zero-order chi connectivity index (χ0) is 17.4. The van der Waals surface area contributed by atoms with Crippen molar-refractivity contribution in [3.8, 4) is 11.4 Å². The Hall–Kier alpha value is -2.19. The number of hydrogen-bond donors (Lipinski definition) is 1. The fourth-order valence-electron chi connectivity index (χ4n) is 2.27. The second-order valence-corrected chi connectivity index (χ2v) is 5.99. The largest absolute Gasteiger partial charge is 0.435 e. The Bertz CT molecular complexity index is 977. The van der Waals surface area contributed by atoms with Crippen LogP contribution in [0.3, 0.4) is 0 Å². The smallest absolute Gasteiger partial charge is 0.387 e. The molecule has 124 valence electrons. The molecule has 0 amide bonds. The summed E-state index contributed by atoms with van der Waals surface area (Å²) in [5.74, 6) is -0.0169. The van der Waals surface area contributed by atoms with Crippen molar-refractivity contribution in [2.24, 2.45) is 0 Å². The van der Waals surface area contributed by atoms with Crippen LogP contribution in [0.2, 0.25) is 5.02 Å². The van der Waals surface area contributed by atoms with Gasteiger partial charge in [-0.1, -0.05) is 11.6 Å². The molecule has 0 unspecified atom stereocenters. The van der Waals surface area contributed by atoms with Crippen molar-refractivity contribution in [2.75, 3.05) is 5.73 Å². The molecule has 9 heteroatoms. The van der Waals surface area contributed by atoms with E-state index < -0.39 is 12.2 Å². The van der Waals surface area contributed by atoms with E-state index in [9.17, 15) is 13.6 Å². The highest BCUT2D eigenvalue weighted by molar-refractivity contribution is 9.10. The Labute approximate surface area is 147 Å². The number of rotatable bonds is 3. The summed E-state index contributed by atoms with van der Waals surface area (Å²) in [7, 11) is 0. The molecule has 2 heterocycles. The van der Waals surface area contributed by atoms with Crippen LogP contribution < -0.4 is 16.0 Å². The van der Waals surface area contributed by atoms with Crippen LogP contribution in [0.4, 0.5) is 14.5 Å². The summed E-state index contributed by atoms with van der Waals surface area (Å²) in [6.07, 6.45) is 1.42. The predicted octanol–water partition coefficient (Wildman–Crippen LogP) is 3.99. The lowest BCUT2D eigenvalue weighted by atomic mass is 10.2. The first kappa shape index (κ1) is 16.7. The molecule has 0 saturated carbocycles. The lowest BCUT2D eigenvalue weighted by molar-refractivity contribution is -0.0498. The Morgan fingerprint density at radius 1 is 1.29 bits per heavy atom. The summed E-state index contributed by atoms with van der Waals surface area (Å²) in [5, 5.41) is 0.329. The fraction of sp³-hybridized carbons (Fsp3) is 0.0667. The summed E-state index contributed by atoms with van der Waals surface area (Å²) in [4.78, 5) is 16.7. The monoisotopic (exact) mass is 415 g/mol. The van der Waals surface area contributed by atoms with Gasteiger partial charge in [-0.05, 0) is 46.3 Å². The van der Waals surface area contributed by atoms with E-state index in [1.165, 1.54) is 35.0 Å². The van der Waals surface area contributed by atoms with Gasteiger partial charge < -0.3 is 10.5 Å². The highest BCUT2D eigenvalue weighted by Gasteiger charge is 2.16. The van der Waals surface area contributed by atoms with Crippen LogP contribution in [-0.4, -0.2) is 16.2 Å². The number of hydrogen-bond acceptors (Lipinski definition) is 4. The third-order valence-electron chi connectivity index (χ3n) is 3.28. The highest BCUT2D eigenvalue weighted by atomic mass is 79.9. The quantitative estimate of drug-likeness (QED) is 0.701. The van der Waals surface area contributed by atoms with E-state index in [0.29, 0.717) is 21.7 Å². The molecule has 0 aliphatic carbocycles. The number of nitrogens with zero attached hydrogens (tertiary/aromatic N) is 2. The Morgan fingerprint density at radius 3 is 2.58 bits per heavy atom. The standard InChI is InChI=1S/C15H9BrClF2N3O2/c16-11-12(20)13-10(5-7(17)6-21-13)22(14(11)23)8-1-3-9(4-2-8)24-15(18)19/h1-6,15H,20H2. The van der Waals surface area contributed by atoms with Crippen molar-refractivity contribution in [3.05, 3.63) is 56.4 Å². The SMILES string of the molecule is Nc1c(Br)c(=O)n(-c2ccc(OC(F)F)cc2)c2cc(Cl)cnc12. The first-order chi connectivity index (χ1) is 11.4. The molecule has 2 aromatic heterocycles. The van der Waals surface area contributed by atoms with Gasteiger partial charge in [0.2, 0.25) is 0 Å². The number of halogens is 4. The molecule has 0 spiro atoms. The zero-order valence-corrected chi connectivity index (χ0v) is 14.2. The van der Waals surface area contributed by atoms with Crippen molar-refractivity contribution in [3.63, 3.8) is 0 Å². The van der Waals surface area contributed by atoms with Gasteiger partial charge in [-0.15, -0.1) is 0 Å². The molecule has 0 atom stereocenters. The van der Waals surface area contributed by atoms with Crippen molar-refractivity contribution in [2.45, 2.75) is 6.61 Å². The van der Waals surface area contributed by atoms with Gasteiger partial charge in [0.15, 0.2) is 0 Å². The van der Waals surface area contributed by atoms with Crippen LogP contribution >= 0.6 is 27.5 Å². The van der Waals surface area contributed by atoms with Crippen LogP contribution in [0, 0.1) is 0 Å². The normalized spacial score (nSPS) is 11.2. The number of ether oxygens (including phenoxy) is 1. The maximum Gasteiger partial charge on any atom is 0.387 e. The van der Waals surface area contributed by atoms with Gasteiger partial charge >= 0.3 is 6.61 Å². The van der Waals surface area contributed by atoms with E-state index in [2.05, 4.69) is 25.7 Å². The third-order valence-corrected chi connectivity index (χ3v) is 4.25. The van der Waals surface area contributed by atoms with Crippen LogP contribution in [0.1, 0.15) is 0 Å². The minimum absolute atomic E-state index is 0.0169. The molecule has 0 bridgehead atoms. The van der Waals surface area contributed by atoms with E-state index in [1.54, 1.807) is 6.07 Å². The number of nitrogen functional groups attached to an aromatic ring is 1. The number of benzene rings is 1. The Balaban J connectivity index is 2.25. The molecule has 3 aromatic rings. The van der Waals surface area contributed by atoms with Gasteiger partial charge in [-0.2, -0.15) is 8.78 Å². The molecule has 0 aliphatic heterocycles. The maximum absolute atomic E-state index is 12.6. The van der Waals surface area contributed by atoms with Crippen molar-refractivity contribution < 1.29 is 13.5 Å². The van der Waals surface area contributed by atoms with Crippen LogP contribution in [0.5, 0.6) is 5.75 Å². The number of aromatic nitrogens is 2. The topological polar surface area (TPSA) is 70.1 Å². The molecular formula is C15H9BrClF2N3O2. The molecule has 5 nitrogen and oxygen atoms in total. The average Bonchev–Trinajstić information content (AvgIpc) is 2.54. The van der Waals surface area contributed by atoms with Gasteiger partial charge in [0.05, 0.1) is 16.2 Å². The predicted molar refractivity (Wildman–Crippen MR) is 91.1 cm³/mol. The fourth-order valence-corrected chi connectivity index (χ4v) is 2.78. The van der Waals surface area contributed by atoms with E-state index in [-0.39, 0.29) is 15.9 Å². The van der Waals surface area contributed by atoms with Gasteiger partial charge in [0.1, 0.15) is 15.7 Å². The Kier molecular flexibility index (Phi) is 4.42. The summed E-state index contributed by atoms with van der Waals surface area (Å²) in [6.45, 7) is -2.92. The van der Waals surface area contributed by atoms with Gasteiger partial charge in [-0.3, -0.25) is 14.3 Å². The molecule has 1 aromatic carbocycles. The summed E-state index contributed by atoms with van der Waals surface area (Å²) in [5.41, 5.74) is 6.91. The lowest BCUT2D eigenvalue weighted by Gasteiger charge is -2.14. The van der Waals surface area contributed by atoms with Gasteiger partial charge in [0.25, 0.3) is 5.56 Å². The minimum Gasteiger partial charge on any atom is -0.435 e. The molecule has 0 radical (unpaired) electrons. The summed E-state index contributed by atoms with van der Waals surface area (Å²) < 4.78 is 30.3.